The van der Waals surface area contributed by atoms with Crippen molar-refractivity contribution >= 4 is 43.5 Å². The van der Waals surface area contributed by atoms with E-state index in [9.17, 15) is 0 Å². The van der Waals surface area contributed by atoms with Gasteiger partial charge in [-0.15, -0.1) is 0 Å². The SMILES string of the molecule is [2H]C([2H])([2H])c1cnc(-c2cccc3c2oc2ccc4ccc5ccccc5c4c23)cc1C([2H])([2H])C(C)(C)C. The number of furan rings is 1. The molecule has 0 atom stereocenters. The molecule has 0 unspecified atom stereocenters. The van der Waals surface area contributed by atoms with Gasteiger partial charge >= 0.3 is 0 Å². The maximum Gasteiger partial charge on any atom is 0.144 e. The number of para-hydroxylation sites is 1. The number of aromatic nitrogens is 1. The van der Waals surface area contributed by atoms with Crippen molar-refractivity contribution in [3.05, 3.63) is 90.1 Å². The number of fused-ring (bicyclic) bond motifs is 7. The van der Waals surface area contributed by atoms with E-state index in [-0.39, 0.29) is 11.1 Å². The number of pyridine rings is 1. The van der Waals surface area contributed by atoms with Gasteiger partial charge in [0.15, 0.2) is 0 Å². The Morgan fingerprint density at radius 1 is 0.879 bits per heavy atom. The Morgan fingerprint density at radius 2 is 1.67 bits per heavy atom. The smallest absolute Gasteiger partial charge is 0.144 e. The third-order valence-electron chi connectivity index (χ3n) is 6.06. The molecule has 33 heavy (non-hydrogen) atoms. The Bertz CT molecular complexity index is 1880. The van der Waals surface area contributed by atoms with E-state index >= 15 is 0 Å². The molecule has 162 valence electrons. The van der Waals surface area contributed by atoms with Crippen LogP contribution in [0.2, 0.25) is 0 Å². The first kappa shape index (κ1) is 15.2. The fourth-order valence-electron chi connectivity index (χ4n) is 4.70. The Hall–Kier alpha value is -3.65. The van der Waals surface area contributed by atoms with Gasteiger partial charge in [-0.05, 0) is 64.1 Å². The fraction of sp³-hybridized carbons (Fsp3) is 0.194. The summed E-state index contributed by atoms with van der Waals surface area (Å²) in [5.41, 5.74) is 1.77. The summed E-state index contributed by atoms with van der Waals surface area (Å²) in [5.74, 6) is 0. The molecular weight excluding hydrogens is 402 g/mol. The van der Waals surface area contributed by atoms with Gasteiger partial charge in [0.2, 0.25) is 0 Å². The molecule has 0 saturated carbocycles. The summed E-state index contributed by atoms with van der Waals surface area (Å²) in [4.78, 5) is 4.52. The zero-order valence-electron chi connectivity index (χ0n) is 23.9. The molecule has 0 saturated heterocycles. The van der Waals surface area contributed by atoms with Crippen molar-refractivity contribution in [2.45, 2.75) is 34.0 Å². The van der Waals surface area contributed by atoms with Gasteiger partial charge in [-0.3, -0.25) is 4.98 Å². The molecule has 0 N–H and O–H groups in total. The largest absolute Gasteiger partial charge is 0.455 e. The molecule has 0 fully saturated rings. The quantitative estimate of drug-likeness (QED) is 0.254. The average molecular weight is 435 g/mol. The van der Waals surface area contributed by atoms with Gasteiger partial charge in [-0.25, -0.2) is 0 Å². The molecule has 0 amide bonds. The van der Waals surface area contributed by atoms with E-state index in [4.69, 9.17) is 11.3 Å². The summed E-state index contributed by atoms with van der Waals surface area (Å²) < 4.78 is 48.3. The monoisotopic (exact) mass is 434 g/mol. The van der Waals surface area contributed by atoms with Gasteiger partial charge in [-0.1, -0.05) is 75.4 Å². The molecule has 0 aliphatic carbocycles. The van der Waals surface area contributed by atoms with Crippen LogP contribution in [0.4, 0.5) is 0 Å². The summed E-state index contributed by atoms with van der Waals surface area (Å²) in [7, 11) is 0. The number of rotatable bonds is 2. The minimum Gasteiger partial charge on any atom is -0.455 e. The molecule has 2 heterocycles. The van der Waals surface area contributed by atoms with Crippen molar-refractivity contribution in [1.29, 1.82) is 0 Å². The molecular formula is C31H27NO. The summed E-state index contributed by atoms with van der Waals surface area (Å²) in [6.45, 7) is 2.81. The maximum atomic E-state index is 8.88. The van der Waals surface area contributed by atoms with Crippen LogP contribution in [-0.2, 0) is 6.37 Å². The van der Waals surface area contributed by atoms with Gasteiger partial charge in [0, 0.05) is 34.8 Å². The van der Waals surface area contributed by atoms with Crippen molar-refractivity contribution in [1.82, 2.24) is 4.98 Å². The van der Waals surface area contributed by atoms with Crippen LogP contribution < -0.4 is 0 Å². The molecule has 2 aromatic heterocycles. The van der Waals surface area contributed by atoms with Crippen LogP contribution in [0.5, 0.6) is 0 Å². The minimum absolute atomic E-state index is 0.0737. The lowest BCUT2D eigenvalue weighted by Crippen LogP contribution is -2.10. The fourth-order valence-corrected chi connectivity index (χ4v) is 4.70. The zero-order chi connectivity index (χ0) is 27.0. The highest BCUT2D eigenvalue weighted by Gasteiger charge is 2.18. The lowest BCUT2D eigenvalue weighted by atomic mass is 9.86. The van der Waals surface area contributed by atoms with Crippen LogP contribution >= 0.6 is 0 Å². The normalized spacial score (nSPS) is 15.4. The second-order valence-corrected chi connectivity index (χ2v) is 9.60. The van der Waals surface area contributed by atoms with Crippen LogP contribution in [0.25, 0.3) is 54.7 Å². The van der Waals surface area contributed by atoms with Crippen LogP contribution in [0, 0.1) is 12.3 Å². The van der Waals surface area contributed by atoms with Crippen LogP contribution in [-0.4, -0.2) is 4.98 Å². The molecule has 0 radical (unpaired) electrons. The van der Waals surface area contributed by atoms with Gasteiger partial charge in [0.25, 0.3) is 0 Å². The molecule has 6 rings (SSSR count). The summed E-state index contributed by atoms with van der Waals surface area (Å²) >= 11 is 0. The third-order valence-corrected chi connectivity index (χ3v) is 6.06. The van der Waals surface area contributed by atoms with E-state index in [1.54, 1.807) is 26.8 Å². The highest BCUT2D eigenvalue weighted by molar-refractivity contribution is 6.27. The summed E-state index contributed by atoms with van der Waals surface area (Å²) in [6.07, 6.45) is -0.614. The number of hydrogen-bond acceptors (Lipinski definition) is 2. The molecule has 0 spiro atoms. The van der Waals surface area contributed by atoms with Gasteiger partial charge in [0.1, 0.15) is 11.2 Å². The van der Waals surface area contributed by atoms with Crippen molar-refractivity contribution in [3.8, 4) is 11.3 Å². The number of benzene rings is 4. The molecule has 0 aliphatic rings. The summed E-state index contributed by atoms with van der Waals surface area (Å²) in [6, 6.07) is 24.0. The zero-order valence-corrected chi connectivity index (χ0v) is 18.9. The Balaban J connectivity index is 1.67. The molecule has 6 aromatic rings. The first-order valence-corrected chi connectivity index (χ1v) is 11.1. The standard InChI is InChI=1S/C31H27NO/c1-19-18-32-26(16-22(19)17-31(2,3)4)24-10-7-11-25-29-27(33-30(24)25)15-14-21-13-12-20-8-5-6-9-23(20)28(21)29/h5-16,18H,17H2,1-4H3/i1D3,17D2. The average Bonchev–Trinajstić information content (AvgIpc) is 3.26. The second-order valence-electron chi connectivity index (χ2n) is 9.60. The predicted octanol–water partition coefficient (Wildman–Crippen LogP) is 8.85. The Labute approximate surface area is 200 Å². The van der Waals surface area contributed by atoms with E-state index in [1.165, 1.54) is 6.20 Å². The Kier molecular flexibility index (Phi) is 3.31. The summed E-state index contributed by atoms with van der Waals surface area (Å²) in [5, 5.41) is 6.47. The molecule has 2 nitrogen and oxygen atoms in total. The third kappa shape index (κ3) is 3.29. The van der Waals surface area contributed by atoms with Crippen LogP contribution in [0.15, 0.2) is 83.4 Å². The first-order valence-electron chi connectivity index (χ1n) is 13.6. The lowest BCUT2D eigenvalue weighted by Gasteiger charge is -2.20. The van der Waals surface area contributed by atoms with Gasteiger partial charge < -0.3 is 4.42 Å². The van der Waals surface area contributed by atoms with E-state index < -0.39 is 18.6 Å². The Morgan fingerprint density at radius 3 is 2.52 bits per heavy atom. The van der Waals surface area contributed by atoms with E-state index in [2.05, 4.69) is 35.3 Å². The van der Waals surface area contributed by atoms with Crippen molar-refractivity contribution < 1.29 is 11.3 Å². The van der Waals surface area contributed by atoms with Crippen molar-refractivity contribution in [2.75, 3.05) is 0 Å². The van der Waals surface area contributed by atoms with E-state index in [1.807, 2.05) is 36.4 Å². The minimum atomic E-state index is -2.50. The van der Waals surface area contributed by atoms with Crippen molar-refractivity contribution in [3.63, 3.8) is 0 Å². The number of nitrogens with zero attached hydrogens (tertiary/aromatic N) is 1. The molecule has 0 aliphatic heterocycles. The number of aryl methyl sites for hydroxylation is 1. The first-order chi connectivity index (χ1) is 17.9. The maximum absolute atomic E-state index is 8.88. The highest BCUT2D eigenvalue weighted by atomic mass is 16.3. The predicted molar refractivity (Wildman–Crippen MR) is 140 cm³/mol. The van der Waals surface area contributed by atoms with E-state index in [0.717, 1.165) is 37.9 Å². The number of hydrogen-bond donors (Lipinski definition) is 0. The topological polar surface area (TPSA) is 26.0 Å². The van der Waals surface area contributed by atoms with Crippen molar-refractivity contribution in [2.24, 2.45) is 5.41 Å². The molecule has 4 aromatic carbocycles. The molecule has 0 bridgehead atoms. The second kappa shape index (κ2) is 7.18. The van der Waals surface area contributed by atoms with Crippen LogP contribution in [0.3, 0.4) is 0 Å². The van der Waals surface area contributed by atoms with Gasteiger partial charge in [0.05, 0.1) is 5.69 Å². The van der Waals surface area contributed by atoms with E-state index in [0.29, 0.717) is 16.8 Å². The highest BCUT2D eigenvalue weighted by Crippen LogP contribution is 2.41. The lowest BCUT2D eigenvalue weighted by molar-refractivity contribution is 0.410. The van der Waals surface area contributed by atoms with Gasteiger partial charge in [-0.2, -0.15) is 0 Å². The van der Waals surface area contributed by atoms with Crippen LogP contribution in [0.1, 0.15) is 38.8 Å². The molecule has 2 heteroatoms.